The average Bonchev–Trinajstić information content (AvgIpc) is 2.56. The molecule has 2 atom stereocenters. The summed E-state index contributed by atoms with van der Waals surface area (Å²) in [6.45, 7) is 6.31. The molecular formula is C20H25NO3. The second-order valence-corrected chi connectivity index (χ2v) is 6.65. The summed E-state index contributed by atoms with van der Waals surface area (Å²) in [5.41, 5.74) is 1.81. The van der Waals surface area contributed by atoms with E-state index < -0.39 is 0 Å². The number of nitrogens with zero attached hydrogens (tertiary/aromatic N) is 1. The molecule has 1 saturated carbocycles. The molecule has 24 heavy (non-hydrogen) atoms. The van der Waals surface area contributed by atoms with Crippen LogP contribution in [0.25, 0.3) is 6.08 Å². The van der Waals surface area contributed by atoms with Gasteiger partial charge in [0.15, 0.2) is 23.9 Å². The van der Waals surface area contributed by atoms with E-state index in [1.165, 1.54) is 0 Å². The van der Waals surface area contributed by atoms with Crippen LogP contribution in [0.3, 0.4) is 0 Å². The Morgan fingerprint density at radius 3 is 2.71 bits per heavy atom. The van der Waals surface area contributed by atoms with Gasteiger partial charge in [-0.25, -0.2) is 0 Å². The van der Waals surface area contributed by atoms with E-state index in [-0.39, 0.29) is 24.2 Å². The zero-order valence-electron chi connectivity index (χ0n) is 14.8. The highest BCUT2D eigenvalue weighted by atomic mass is 16.5. The minimum absolute atomic E-state index is 0.0254. The number of hydrogen-bond acceptors (Lipinski definition) is 4. The Balaban J connectivity index is 2.31. The van der Waals surface area contributed by atoms with Crippen LogP contribution < -0.4 is 9.47 Å². The van der Waals surface area contributed by atoms with Gasteiger partial charge in [0.2, 0.25) is 0 Å². The first kappa shape index (κ1) is 18.1. The average molecular weight is 327 g/mol. The van der Waals surface area contributed by atoms with Crippen LogP contribution >= 0.6 is 0 Å². The van der Waals surface area contributed by atoms with Gasteiger partial charge in [-0.2, -0.15) is 5.26 Å². The lowest BCUT2D eigenvalue weighted by Gasteiger charge is -2.30. The van der Waals surface area contributed by atoms with Crippen molar-refractivity contribution in [2.45, 2.75) is 33.6 Å². The molecule has 1 aliphatic rings. The van der Waals surface area contributed by atoms with Crippen LogP contribution in [-0.2, 0) is 4.79 Å². The second kappa shape index (κ2) is 8.01. The zero-order valence-corrected chi connectivity index (χ0v) is 14.8. The Hall–Kier alpha value is -2.28. The van der Waals surface area contributed by atoms with Crippen LogP contribution in [0.1, 0.15) is 39.2 Å². The van der Waals surface area contributed by atoms with E-state index >= 15 is 0 Å². The summed E-state index contributed by atoms with van der Waals surface area (Å²) in [6.07, 6.45) is 3.98. The number of carbonyl (C=O) groups is 1. The molecule has 128 valence electrons. The van der Waals surface area contributed by atoms with Crippen molar-refractivity contribution in [3.05, 3.63) is 29.3 Å². The fourth-order valence-electron chi connectivity index (χ4n) is 3.21. The predicted molar refractivity (Wildman–Crippen MR) is 93.8 cm³/mol. The minimum atomic E-state index is -0.0254. The first-order valence-electron chi connectivity index (χ1n) is 8.41. The summed E-state index contributed by atoms with van der Waals surface area (Å²) in [5.74, 6) is 2.12. The molecule has 1 fully saturated rings. The summed E-state index contributed by atoms with van der Waals surface area (Å²) in [6, 6.07) is 7.45. The molecule has 0 N–H and O–H groups in total. The molecule has 0 spiro atoms. The smallest absolute Gasteiger partial charge is 0.174 e. The molecule has 1 aromatic carbocycles. The molecule has 0 saturated heterocycles. The molecule has 0 aromatic heterocycles. The first-order valence-corrected chi connectivity index (χ1v) is 8.41. The van der Waals surface area contributed by atoms with E-state index in [9.17, 15) is 4.79 Å². The quantitative estimate of drug-likeness (QED) is 0.759. The normalized spacial score (nSPS) is 22.5. The topological polar surface area (TPSA) is 59.3 Å². The Bertz CT molecular complexity index is 670. The number of nitriles is 1. The third-order valence-corrected chi connectivity index (χ3v) is 4.67. The summed E-state index contributed by atoms with van der Waals surface area (Å²) >= 11 is 0. The predicted octanol–water partition coefficient (Wildman–Crippen LogP) is 4.25. The Morgan fingerprint density at radius 1 is 1.33 bits per heavy atom. The molecule has 1 aliphatic carbocycles. The molecule has 0 bridgehead atoms. The van der Waals surface area contributed by atoms with Gasteiger partial charge in [0.1, 0.15) is 6.07 Å². The molecule has 0 unspecified atom stereocenters. The van der Waals surface area contributed by atoms with Crippen LogP contribution in [0.4, 0.5) is 0 Å². The van der Waals surface area contributed by atoms with Crippen molar-refractivity contribution >= 4 is 11.9 Å². The van der Waals surface area contributed by atoms with E-state index in [4.69, 9.17) is 14.7 Å². The summed E-state index contributed by atoms with van der Waals surface area (Å²) < 4.78 is 10.7. The van der Waals surface area contributed by atoms with E-state index in [0.717, 1.165) is 24.0 Å². The molecule has 2 rings (SSSR count). The van der Waals surface area contributed by atoms with Gasteiger partial charge in [-0.05, 0) is 54.0 Å². The summed E-state index contributed by atoms with van der Waals surface area (Å²) in [7, 11) is 1.56. The van der Waals surface area contributed by atoms with Gasteiger partial charge in [-0.3, -0.25) is 4.79 Å². The maximum Gasteiger partial charge on any atom is 0.174 e. The number of ether oxygens (including phenoxy) is 2. The number of Topliss-reactive ketones (excluding diaryl/α,β-unsaturated/α-hetero) is 1. The van der Waals surface area contributed by atoms with Crippen molar-refractivity contribution in [1.29, 1.82) is 5.26 Å². The van der Waals surface area contributed by atoms with Gasteiger partial charge < -0.3 is 9.47 Å². The lowest BCUT2D eigenvalue weighted by molar-refractivity contribution is -0.122. The van der Waals surface area contributed by atoms with E-state index in [1.54, 1.807) is 13.2 Å². The number of methoxy groups -OCH3 is 1. The van der Waals surface area contributed by atoms with Crippen LogP contribution in [-0.4, -0.2) is 19.5 Å². The van der Waals surface area contributed by atoms with Crippen LogP contribution in [0, 0.1) is 29.1 Å². The van der Waals surface area contributed by atoms with Gasteiger partial charge in [0.25, 0.3) is 0 Å². The number of hydrogen-bond donors (Lipinski definition) is 0. The number of rotatable bonds is 5. The lowest BCUT2D eigenvalue weighted by atomic mass is 9.73. The minimum Gasteiger partial charge on any atom is -0.493 e. The Morgan fingerprint density at radius 2 is 2.08 bits per heavy atom. The van der Waals surface area contributed by atoms with Crippen LogP contribution in [0.2, 0.25) is 0 Å². The van der Waals surface area contributed by atoms with Gasteiger partial charge in [0.05, 0.1) is 7.11 Å². The van der Waals surface area contributed by atoms with Crippen LogP contribution in [0.15, 0.2) is 23.8 Å². The summed E-state index contributed by atoms with van der Waals surface area (Å²) in [5, 5.41) is 8.63. The Labute approximate surface area is 144 Å². The molecule has 4 heteroatoms. The second-order valence-electron chi connectivity index (χ2n) is 6.65. The van der Waals surface area contributed by atoms with Crippen molar-refractivity contribution in [2.75, 3.05) is 13.7 Å². The molecule has 1 aromatic rings. The molecular weight excluding hydrogens is 302 g/mol. The molecule has 0 radical (unpaired) electrons. The molecule has 4 nitrogen and oxygen atoms in total. The van der Waals surface area contributed by atoms with Crippen molar-refractivity contribution in [3.8, 4) is 17.6 Å². The highest BCUT2D eigenvalue weighted by Crippen LogP contribution is 2.36. The maximum atomic E-state index is 12.8. The highest BCUT2D eigenvalue weighted by Gasteiger charge is 2.32. The fraction of sp³-hybridized carbons (Fsp3) is 0.500. The third kappa shape index (κ3) is 3.97. The first-order chi connectivity index (χ1) is 11.5. The fourth-order valence-corrected chi connectivity index (χ4v) is 3.21. The summed E-state index contributed by atoms with van der Waals surface area (Å²) in [4.78, 5) is 12.8. The number of allylic oxidation sites excluding steroid dienone is 1. The van der Waals surface area contributed by atoms with E-state index in [2.05, 4.69) is 20.8 Å². The van der Waals surface area contributed by atoms with Crippen molar-refractivity contribution in [2.24, 2.45) is 17.8 Å². The van der Waals surface area contributed by atoms with Crippen LogP contribution in [0.5, 0.6) is 11.5 Å². The van der Waals surface area contributed by atoms with Gasteiger partial charge >= 0.3 is 0 Å². The Kier molecular flexibility index (Phi) is 6.03. The van der Waals surface area contributed by atoms with E-state index in [0.29, 0.717) is 17.4 Å². The highest BCUT2D eigenvalue weighted by molar-refractivity contribution is 6.02. The number of ketones is 1. The largest absolute Gasteiger partial charge is 0.493 e. The number of benzene rings is 1. The molecule has 0 aliphatic heterocycles. The van der Waals surface area contributed by atoms with Gasteiger partial charge in [-0.1, -0.05) is 26.8 Å². The van der Waals surface area contributed by atoms with Crippen molar-refractivity contribution in [1.82, 2.24) is 0 Å². The van der Waals surface area contributed by atoms with Crippen molar-refractivity contribution in [3.63, 3.8) is 0 Å². The maximum absolute atomic E-state index is 12.8. The zero-order chi connectivity index (χ0) is 17.7. The number of carbonyl (C=O) groups excluding carboxylic acids is 1. The lowest BCUT2D eigenvalue weighted by Crippen LogP contribution is -2.30. The standard InChI is InChI=1S/C20H25NO3/c1-13(2)16-7-5-14(3)17(20(16)22)11-15-6-8-18(24-10-9-21)19(12-15)23-4/h6,8,11-14,16H,5,7,10H2,1-4H3/t14-,16-/m1/s1. The molecule has 0 heterocycles. The monoisotopic (exact) mass is 327 g/mol. The van der Waals surface area contributed by atoms with Gasteiger partial charge in [0, 0.05) is 5.92 Å². The van der Waals surface area contributed by atoms with Gasteiger partial charge in [-0.15, -0.1) is 0 Å². The molecule has 0 amide bonds. The van der Waals surface area contributed by atoms with Crippen molar-refractivity contribution < 1.29 is 14.3 Å². The van der Waals surface area contributed by atoms with E-state index in [1.807, 2.05) is 24.3 Å². The SMILES string of the molecule is COc1cc(C=C2C(=O)[C@@H](C(C)C)CC[C@H]2C)ccc1OCC#N. The third-order valence-electron chi connectivity index (χ3n) is 4.67.